The van der Waals surface area contributed by atoms with Crippen LogP contribution < -0.4 is 5.32 Å². The highest BCUT2D eigenvalue weighted by Crippen LogP contribution is 1.89. The summed E-state index contributed by atoms with van der Waals surface area (Å²) >= 11 is 0. The van der Waals surface area contributed by atoms with Crippen LogP contribution in [0.1, 0.15) is 5.69 Å². The molecular weight excluding hydrogens is 194 g/mol. The van der Waals surface area contributed by atoms with Crippen LogP contribution in [-0.2, 0) is 11.2 Å². The van der Waals surface area contributed by atoms with Crippen LogP contribution in [0.2, 0.25) is 0 Å². The minimum absolute atomic E-state index is 0. The van der Waals surface area contributed by atoms with Crippen LogP contribution in [0.4, 0.5) is 0 Å². The highest BCUT2D eigenvalue weighted by atomic mass is 35.5. The van der Waals surface area contributed by atoms with Gasteiger partial charge in [0.05, 0.1) is 12.9 Å². The summed E-state index contributed by atoms with van der Waals surface area (Å²) in [6.45, 7) is 0.655. The third kappa shape index (κ3) is 5.21. The summed E-state index contributed by atoms with van der Waals surface area (Å²) in [4.78, 5) is 16.8. The number of carbonyl (C=O) groups is 1. The van der Waals surface area contributed by atoms with Crippen molar-refractivity contribution in [1.82, 2.24) is 15.3 Å². The van der Waals surface area contributed by atoms with Crippen molar-refractivity contribution in [2.24, 2.45) is 0 Å². The number of halogens is 1. The van der Waals surface area contributed by atoms with Crippen LogP contribution in [0.3, 0.4) is 0 Å². The third-order valence-electron chi connectivity index (χ3n) is 1.40. The molecule has 0 saturated heterocycles. The molecule has 6 heteroatoms. The van der Waals surface area contributed by atoms with Crippen molar-refractivity contribution in [2.75, 3.05) is 13.1 Å². The summed E-state index contributed by atoms with van der Waals surface area (Å²) < 4.78 is 0. The lowest BCUT2D eigenvalue weighted by Crippen LogP contribution is -2.24. The number of carboxylic acids is 1. The summed E-state index contributed by atoms with van der Waals surface area (Å²) in [6.07, 6.45) is 4.10. The predicted molar refractivity (Wildman–Crippen MR) is 50.0 cm³/mol. The van der Waals surface area contributed by atoms with Gasteiger partial charge in [-0.25, -0.2) is 4.98 Å². The van der Waals surface area contributed by atoms with E-state index in [0.29, 0.717) is 6.54 Å². The van der Waals surface area contributed by atoms with Crippen LogP contribution in [0.15, 0.2) is 12.5 Å². The Hall–Kier alpha value is -1.07. The number of rotatable bonds is 5. The van der Waals surface area contributed by atoms with Gasteiger partial charge in [0.2, 0.25) is 0 Å². The van der Waals surface area contributed by atoms with Crippen molar-refractivity contribution >= 4 is 18.4 Å². The zero-order valence-electron chi connectivity index (χ0n) is 6.99. The van der Waals surface area contributed by atoms with Crippen LogP contribution in [-0.4, -0.2) is 34.1 Å². The van der Waals surface area contributed by atoms with Crippen molar-refractivity contribution in [3.05, 3.63) is 18.2 Å². The van der Waals surface area contributed by atoms with Crippen LogP contribution >= 0.6 is 12.4 Å². The van der Waals surface area contributed by atoms with Crippen molar-refractivity contribution in [3.8, 4) is 0 Å². The summed E-state index contributed by atoms with van der Waals surface area (Å²) in [5.74, 6) is -0.834. The molecule has 1 rings (SSSR count). The van der Waals surface area contributed by atoms with Gasteiger partial charge < -0.3 is 15.4 Å². The van der Waals surface area contributed by atoms with E-state index in [1.807, 2.05) is 0 Å². The number of aliphatic carboxylic acids is 1. The van der Waals surface area contributed by atoms with Gasteiger partial charge in [0.25, 0.3) is 0 Å². The third-order valence-corrected chi connectivity index (χ3v) is 1.40. The van der Waals surface area contributed by atoms with Gasteiger partial charge >= 0.3 is 5.97 Å². The molecule has 0 fully saturated rings. The van der Waals surface area contributed by atoms with Gasteiger partial charge in [0, 0.05) is 24.9 Å². The molecule has 1 heterocycles. The van der Waals surface area contributed by atoms with Gasteiger partial charge in [0.1, 0.15) is 0 Å². The second kappa shape index (κ2) is 6.45. The standard InChI is InChI=1S/C7H11N3O2.ClH/c11-7(12)4-8-2-1-6-3-9-5-10-6;/h3,5,8H,1-2,4H2,(H,9,10)(H,11,12);1H. The maximum atomic E-state index is 10.1. The zero-order chi connectivity index (χ0) is 8.81. The number of hydrogen-bond donors (Lipinski definition) is 3. The molecule has 0 atom stereocenters. The first-order valence-corrected chi connectivity index (χ1v) is 3.69. The lowest BCUT2D eigenvalue weighted by atomic mass is 10.3. The Labute approximate surface area is 82.0 Å². The first-order valence-electron chi connectivity index (χ1n) is 3.69. The molecule has 0 unspecified atom stereocenters. The number of imidazole rings is 1. The average molecular weight is 206 g/mol. The second-order valence-electron chi connectivity index (χ2n) is 2.40. The fourth-order valence-electron chi connectivity index (χ4n) is 0.840. The Bertz CT molecular complexity index is 238. The van der Waals surface area contributed by atoms with Crippen LogP contribution in [0, 0.1) is 0 Å². The van der Waals surface area contributed by atoms with Crippen LogP contribution in [0.5, 0.6) is 0 Å². The van der Waals surface area contributed by atoms with E-state index in [1.54, 1.807) is 12.5 Å². The number of nitrogens with zero attached hydrogens (tertiary/aromatic N) is 1. The predicted octanol–water partition coefficient (Wildman–Crippen LogP) is 0.0482. The van der Waals surface area contributed by atoms with Crippen molar-refractivity contribution in [3.63, 3.8) is 0 Å². The van der Waals surface area contributed by atoms with E-state index in [-0.39, 0.29) is 19.0 Å². The van der Waals surface area contributed by atoms with Gasteiger partial charge in [0.15, 0.2) is 0 Å². The minimum Gasteiger partial charge on any atom is -0.480 e. The largest absolute Gasteiger partial charge is 0.480 e. The fraction of sp³-hybridized carbons (Fsp3) is 0.429. The Morgan fingerprint density at radius 3 is 3.00 bits per heavy atom. The molecule has 13 heavy (non-hydrogen) atoms. The topological polar surface area (TPSA) is 78.0 Å². The maximum absolute atomic E-state index is 10.1. The summed E-state index contributed by atoms with van der Waals surface area (Å²) in [5.41, 5.74) is 1.01. The molecule has 0 radical (unpaired) electrons. The van der Waals surface area contributed by atoms with Gasteiger partial charge in [-0.2, -0.15) is 0 Å². The Morgan fingerprint density at radius 1 is 1.69 bits per heavy atom. The molecule has 1 aromatic rings. The van der Waals surface area contributed by atoms with Crippen molar-refractivity contribution in [2.45, 2.75) is 6.42 Å². The highest BCUT2D eigenvalue weighted by molar-refractivity contribution is 5.85. The molecule has 74 valence electrons. The van der Waals surface area contributed by atoms with E-state index in [9.17, 15) is 4.79 Å². The molecule has 0 aromatic carbocycles. The Morgan fingerprint density at radius 2 is 2.46 bits per heavy atom. The molecule has 5 nitrogen and oxygen atoms in total. The number of H-pyrrole nitrogens is 1. The maximum Gasteiger partial charge on any atom is 0.317 e. The number of carboxylic acid groups (broad SMARTS) is 1. The first kappa shape index (κ1) is 11.9. The number of aromatic nitrogens is 2. The van der Waals surface area contributed by atoms with E-state index in [4.69, 9.17) is 5.11 Å². The highest BCUT2D eigenvalue weighted by Gasteiger charge is 1.96. The minimum atomic E-state index is -0.834. The SMILES string of the molecule is Cl.O=C(O)CNCCc1cnc[nH]1. The van der Waals surface area contributed by atoms with E-state index >= 15 is 0 Å². The van der Waals surface area contributed by atoms with E-state index in [2.05, 4.69) is 15.3 Å². The fourth-order valence-corrected chi connectivity index (χ4v) is 0.840. The smallest absolute Gasteiger partial charge is 0.317 e. The van der Waals surface area contributed by atoms with E-state index in [0.717, 1.165) is 12.1 Å². The molecule has 0 aliphatic carbocycles. The Kier molecular flexibility index (Phi) is 5.92. The molecule has 0 aliphatic heterocycles. The number of nitrogens with one attached hydrogen (secondary N) is 2. The molecule has 1 aromatic heterocycles. The van der Waals surface area contributed by atoms with Gasteiger partial charge in [-0.15, -0.1) is 12.4 Å². The average Bonchev–Trinajstić information content (AvgIpc) is 2.49. The van der Waals surface area contributed by atoms with E-state index < -0.39 is 5.97 Å². The lowest BCUT2D eigenvalue weighted by Gasteiger charge is -1.98. The molecule has 0 spiro atoms. The van der Waals surface area contributed by atoms with E-state index in [1.165, 1.54) is 0 Å². The summed E-state index contributed by atoms with van der Waals surface area (Å²) in [6, 6.07) is 0. The molecule has 3 N–H and O–H groups in total. The van der Waals surface area contributed by atoms with Crippen molar-refractivity contribution in [1.29, 1.82) is 0 Å². The number of hydrogen-bond acceptors (Lipinski definition) is 3. The number of aromatic amines is 1. The summed E-state index contributed by atoms with van der Waals surface area (Å²) in [7, 11) is 0. The quantitative estimate of drug-likeness (QED) is 0.594. The molecule has 0 saturated carbocycles. The van der Waals surface area contributed by atoms with Crippen molar-refractivity contribution < 1.29 is 9.90 Å². The molecule has 0 amide bonds. The van der Waals surface area contributed by atoms with Gasteiger partial charge in [-0.1, -0.05) is 0 Å². The Balaban J connectivity index is 0.00000144. The second-order valence-corrected chi connectivity index (χ2v) is 2.40. The molecule has 0 aliphatic rings. The van der Waals surface area contributed by atoms with Gasteiger partial charge in [-0.05, 0) is 0 Å². The lowest BCUT2D eigenvalue weighted by molar-refractivity contribution is -0.135. The molecule has 0 bridgehead atoms. The van der Waals surface area contributed by atoms with Crippen LogP contribution in [0.25, 0.3) is 0 Å². The monoisotopic (exact) mass is 205 g/mol. The molecular formula is C7H12ClN3O2. The zero-order valence-corrected chi connectivity index (χ0v) is 7.80. The normalized spacial score (nSPS) is 9.23. The van der Waals surface area contributed by atoms with Gasteiger partial charge in [-0.3, -0.25) is 4.79 Å². The summed E-state index contributed by atoms with van der Waals surface area (Å²) in [5, 5.41) is 11.1. The first-order chi connectivity index (χ1) is 5.79.